The Morgan fingerprint density at radius 1 is 1.12 bits per heavy atom. The third kappa shape index (κ3) is 2.58. The Morgan fingerprint density at radius 3 is 2.59 bits per heavy atom. The van der Waals surface area contributed by atoms with Crippen molar-refractivity contribution in [2.45, 2.75) is 96.7 Å². The van der Waals surface area contributed by atoms with E-state index in [4.69, 9.17) is 9.47 Å². The van der Waals surface area contributed by atoms with E-state index >= 15 is 0 Å². The van der Waals surface area contributed by atoms with E-state index in [1.165, 1.54) is 0 Å². The fourth-order valence-corrected chi connectivity index (χ4v) is 9.42. The number of epoxide rings is 1. The molecule has 0 aromatic rings. The summed E-state index contributed by atoms with van der Waals surface area (Å²) in [5.41, 5.74) is -0.658. The van der Waals surface area contributed by atoms with Crippen LogP contribution in [0.1, 0.15) is 66.7 Å². The van der Waals surface area contributed by atoms with Crippen LogP contribution in [0.2, 0.25) is 0 Å². The molecule has 6 rings (SSSR count). The van der Waals surface area contributed by atoms with Crippen molar-refractivity contribution in [3.8, 4) is 0 Å². The number of rotatable bonds is 2. The van der Waals surface area contributed by atoms with Gasteiger partial charge < -0.3 is 19.7 Å². The van der Waals surface area contributed by atoms with E-state index < -0.39 is 23.2 Å². The van der Waals surface area contributed by atoms with Crippen LogP contribution in [-0.4, -0.2) is 52.0 Å². The molecule has 6 aliphatic rings. The van der Waals surface area contributed by atoms with Gasteiger partial charge in [-0.1, -0.05) is 19.9 Å². The molecule has 0 amide bonds. The summed E-state index contributed by atoms with van der Waals surface area (Å²) >= 11 is 0. The molecule has 6 heteroatoms. The molecule has 0 radical (unpaired) electrons. The molecule has 0 spiro atoms. The van der Waals surface area contributed by atoms with Crippen molar-refractivity contribution in [2.75, 3.05) is 0 Å². The summed E-state index contributed by atoms with van der Waals surface area (Å²) in [6.07, 6.45) is 6.36. The third-order valence-electron chi connectivity index (χ3n) is 11.7. The lowest BCUT2D eigenvalue weighted by Crippen LogP contribution is -2.67. The minimum atomic E-state index is -1.11. The van der Waals surface area contributed by atoms with Crippen molar-refractivity contribution >= 4 is 11.8 Å². The van der Waals surface area contributed by atoms with Gasteiger partial charge in [0.25, 0.3) is 0 Å². The number of cyclic esters (lactones) is 1. The van der Waals surface area contributed by atoms with E-state index in [2.05, 4.69) is 13.8 Å². The highest BCUT2D eigenvalue weighted by atomic mass is 16.6. The summed E-state index contributed by atoms with van der Waals surface area (Å²) in [5.74, 6) is 0.821. The van der Waals surface area contributed by atoms with Gasteiger partial charge >= 0.3 is 5.97 Å². The molecule has 1 unspecified atom stereocenters. The SMILES string of the molecule is CC1=C(C)C(O)[C@H]([C@@H](C)[C@H]2CC[C@H]3[C@@H]4[C@@H]5O[C@@H]5[C@@]5(O)CC=CC(=O)[C@]5(C)[C@H]4CC[C@]23C)OC1=O. The lowest BCUT2D eigenvalue weighted by molar-refractivity contribution is -0.183. The lowest BCUT2D eigenvalue weighted by atomic mass is 9.43. The third-order valence-corrected chi connectivity index (χ3v) is 11.7. The number of hydrogen-bond donors (Lipinski definition) is 2. The molecule has 34 heavy (non-hydrogen) atoms. The maximum atomic E-state index is 13.3. The highest BCUT2D eigenvalue weighted by Gasteiger charge is 2.77. The summed E-state index contributed by atoms with van der Waals surface area (Å²) < 4.78 is 12.0. The van der Waals surface area contributed by atoms with E-state index in [0.29, 0.717) is 29.4 Å². The van der Waals surface area contributed by atoms with Crippen molar-refractivity contribution in [3.05, 3.63) is 23.3 Å². The molecule has 4 aliphatic carbocycles. The van der Waals surface area contributed by atoms with Gasteiger partial charge in [-0.05, 0) is 99.5 Å². The molecule has 186 valence electrons. The Labute approximate surface area is 201 Å². The van der Waals surface area contributed by atoms with Gasteiger partial charge in [0.2, 0.25) is 0 Å². The van der Waals surface area contributed by atoms with E-state index in [1.54, 1.807) is 13.0 Å². The second-order valence-corrected chi connectivity index (χ2v) is 12.6. The molecule has 0 aromatic carbocycles. The molecule has 2 aliphatic heterocycles. The number of fused-ring (bicyclic) bond motifs is 8. The standard InChI is InChI=1S/C28H38O6/c1-13-14(2)25(31)34-22(21(13)30)15(3)16-8-9-17-20-18(10-12-26(16,17)4)27(5)19(29)7-6-11-28(27,32)24-23(20)33-24/h6-7,15-18,20-24,30,32H,8-12H2,1-5H3/t15-,16+,17-,18-,20-,21?,22-,23-,24-,26+,27-,28-/m0/s1. The van der Waals surface area contributed by atoms with Gasteiger partial charge in [0.1, 0.15) is 23.9 Å². The highest BCUT2D eigenvalue weighted by molar-refractivity contribution is 5.97. The van der Waals surface area contributed by atoms with Gasteiger partial charge in [0.15, 0.2) is 5.78 Å². The molecule has 0 bridgehead atoms. The summed E-state index contributed by atoms with van der Waals surface area (Å²) in [5, 5.41) is 22.7. The highest BCUT2D eigenvalue weighted by Crippen LogP contribution is 2.71. The number of aliphatic hydroxyl groups excluding tert-OH is 1. The van der Waals surface area contributed by atoms with Crippen LogP contribution >= 0.6 is 0 Å². The Hall–Kier alpha value is -1.50. The van der Waals surface area contributed by atoms with Gasteiger partial charge in [-0.15, -0.1) is 0 Å². The summed E-state index contributed by atoms with van der Waals surface area (Å²) in [7, 11) is 0. The number of hydrogen-bond acceptors (Lipinski definition) is 6. The number of esters is 1. The van der Waals surface area contributed by atoms with E-state index in [0.717, 1.165) is 25.7 Å². The average Bonchev–Trinajstić information content (AvgIpc) is 3.53. The number of ketones is 1. The van der Waals surface area contributed by atoms with Gasteiger partial charge in [-0.3, -0.25) is 4.79 Å². The number of allylic oxidation sites excluding steroid dienone is 1. The normalized spacial score (nSPS) is 54.6. The van der Waals surface area contributed by atoms with Gasteiger partial charge in [0, 0.05) is 5.57 Å². The zero-order valence-electron chi connectivity index (χ0n) is 20.9. The Balaban J connectivity index is 1.31. The molecule has 3 saturated carbocycles. The maximum Gasteiger partial charge on any atom is 0.334 e. The number of carbonyl (C=O) groups is 2. The second kappa shape index (κ2) is 7.04. The number of carbonyl (C=O) groups excluding carboxylic acids is 2. The van der Waals surface area contributed by atoms with Crippen LogP contribution in [0.25, 0.3) is 0 Å². The first-order valence-corrected chi connectivity index (χ1v) is 13.1. The van der Waals surface area contributed by atoms with Crippen molar-refractivity contribution in [1.29, 1.82) is 0 Å². The molecule has 2 N–H and O–H groups in total. The van der Waals surface area contributed by atoms with Gasteiger partial charge in [-0.2, -0.15) is 0 Å². The van der Waals surface area contributed by atoms with Crippen molar-refractivity contribution in [1.82, 2.24) is 0 Å². The minimum absolute atomic E-state index is 0.0204. The molecule has 1 saturated heterocycles. The zero-order chi connectivity index (χ0) is 24.4. The fourth-order valence-electron chi connectivity index (χ4n) is 9.42. The van der Waals surface area contributed by atoms with Crippen LogP contribution in [0.3, 0.4) is 0 Å². The van der Waals surface area contributed by atoms with Crippen molar-refractivity contribution in [2.24, 2.45) is 40.4 Å². The first-order chi connectivity index (χ1) is 16.0. The Morgan fingerprint density at radius 2 is 1.85 bits per heavy atom. The maximum absolute atomic E-state index is 13.3. The molecule has 6 nitrogen and oxygen atoms in total. The van der Waals surface area contributed by atoms with E-state index in [-0.39, 0.29) is 47.1 Å². The van der Waals surface area contributed by atoms with Crippen molar-refractivity contribution < 1.29 is 29.3 Å². The van der Waals surface area contributed by atoms with Crippen LogP contribution in [0, 0.1) is 40.4 Å². The molecule has 12 atom stereocenters. The quantitative estimate of drug-likeness (QED) is 0.475. The average molecular weight is 471 g/mol. The number of aliphatic hydroxyl groups is 2. The van der Waals surface area contributed by atoms with Crippen LogP contribution < -0.4 is 0 Å². The predicted molar refractivity (Wildman–Crippen MR) is 124 cm³/mol. The molecular formula is C28H38O6. The Kier molecular flexibility index (Phi) is 4.75. The van der Waals surface area contributed by atoms with E-state index in [1.807, 2.05) is 19.9 Å². The summed E-state index contributed by atoms with van der Waals surface area (Å²) in [6, 6.07) is 0. The molecule has 2 heterocycles. The Bertz CT molecular complexity index is 1010. The summed E-state index contributed by atoms with van der Waals surface area (Å²) in [4.78, 5) is 25.7. The first kappa shape index (κ1) is 22.9. The molecular weight excluding hydrogens is 432 g/mol. The first-order valence-electron chi connectivity index (χ1n) is 13.1. The monoisotopic (exact) mass is 470 g/mol. The van der Waals surface area contributed by atoms with Crippen molar-refractivity contribution in [3.63, 3.8) is 0 Å². The van der Waals surface area contributed by atoms with Crippen LogP contribution in [0.5, 0.6) is 0 Å². The molecule has 0 aromatic heterocycles. The fraction of sp³-hybridized carbons (Fsp3) is 0.786. The van der Waals surface area contributed by atoms with Crippen LogP contribution in [0.4, 0.5) is 0 Å². The lowest BCUT2D eigenvalue weighted by Gasteiger charge is -2.60. The summed E-state index contributed by atoms with van der Waals surface area (Å²) in [6.45, 7) is 10.0. The second-order valence-electron chi connectivity index (χ2n) is 12.6. The zero-order valence-corrected chi connectivity index (χ0v) is 20.9. The minimum Gasteiger partial charge on any atom is -0.456 e. The van der Waals surface area contributed by atoms with Crippen LogP contribution in [0.15, 0.2) is 23.3 Å². The number of ether oxygens (including phenoxy) is 2. The van der Waals surface area contributed by atoms with Crippen LogP contribution in [-0.2, 0) is 19.1 Å². The van der Waals surface area contributed by atoms with Gasteiger partial charge in [0.05, 0.1) is 11.5 Å². The largest absolute Gasteiger partial charge is 0.456 e. The molecule has 4 fully saturated rings. The topological polar surface area (TPSA) is 96.4 Å². The van der Waals surface area contributed by atoms with E-state index in [9.17, 15) is 19.8 Å². The predicted octanol–water partition coefficient (Wildman–Crippen LogP) is 3.35. The van der Waals surface area contributed by atoms with Gasteiger partial charge in [-0.25, -0.2) is 4.79 Å². The smallest absolute Gasteiger partial charge is 0.334 e.